The van der Waals surface area contributed by atoms with Crippen LogP contribution in [0.25, 0.3) is 0 Å². The molecule has 11 nitrogen and oxygen atoms in total. The molecule has 3 aliphatic rings. The number of carbonyl (C=O) groups is 2. The summed E-state index contributed by atoms with van der Waals surface area (Å²) >= 11 is 0. The Morgan fingerprint density at radius 1 is 0.864 bits per heavy atom. The number of carboxylic acid groups (broad SMARTS) is 1. The lowest BCUT2D eigenvalue weighted by atomic mass is 9.87. The van der Waals surface area contributed by atoms with E-state index < -0.39 is 71.5 Å². The molecule has 4 heterocycles. The topological polar surface area (TPSA) is 112 Å². The Hall–Kier alpha value is -4.85. The predicted octanol–water partition coefficient (Wildman–Crippen LogP) is 8.43. The fourth-order valence-corrected chi connectivity index (χ4v) is 7.86. The minimum atomic E-state index is -5.17. The molecular formula is C39H43F9N6O5. The van der Waals surface area contributed by atoms with Crippen molar-refractivity contribution in [3.05, 3.63) is 76.6 Å². The van der Waals surface area contributed by atoms with Crippen molar-refractivity contribution >= 4 is 29.4 Å². The largest absolute Gasteiger partial charge is 0.481 e. The molecule has 0 spiro atoms. The highest BCUT2D eigenvalue weighted by molar-refractivity contribution is 5.90. The van der Waals surface area contributed by atoms with Crippen LogP contribution in [0.15, 0.2) is 48.8 Å². The lowest BCUT2D eigenvalue weighted by Crippen LogP contribution is -2.48. The number of aliphatic carboxylic acids is 1. The average molecular weight is 847 g/mol. The van der Waals surface area contributed by atoms with E-state index in [9.17, 15) is 49.1 Å². The van der Waals surface area contributed by atoms with Crippen molar-refractivity contribution in [2.75, 3.05) is 67.2 Å². The second kappa shape index (κ2) is 17.8. The van der Waals surface area contributed by atoms with Crippen molar-refractivity contribution in [1.29, 1.82) is 0 Å². The van der Waals surface area contributed by atoms with Crippen LogP contribution in [0.2, 0.25) is 0 Å². The van der Waals surface area contributed by atoms with E-state index in [2.05, 4.69) is 9.97 Å². The van der Waals surface area contributed by atoms with E-state index in [1.165, 1.54) is 22.2 Å². The molecule has 1 aromatic heterocycles. The number of nitrogens with zero attached hydrogens (tertiary/aromatic N) is 6. The minimum Gasteiger partial charge on any atom is -0.481 e. The van der Waals surface area contributed by atoms with Crippen LogP contribution in [0.4, 0.5) is 61.6 Å². The summed E-state index contributed by atoms with van der Waals surface area (Å²) in [6.45, 7) is 4.25. The molecule has 0 bridgehead atoms. The average Bonchev–Trinajstić information content (AvgIpc) is 3.19. The van der Waals surface area contributed by atoms with Crippen molar-refractivity contribution in [2.45, 2.75) is 76.2 Å². The van der Waals surface area contributed by atoms with E-state index in [0.29, 0.717) is 76.6 Å². The van der Waals surface area contributed by atoms with Crippen molar-refractivity contribution in [1.82, 2.24) is 14.9 Å². The number of alkyl halides is 9. The third-order valence-corrected chi connectivity index (χ3v) is 10.9. The van der Waals surface area contributed by atoms with Crippen LogP contribution in [0, 0.1) is 5.92 Å². The van der Waals surface area contributed by atoms with Gasteiger partial charge in [0.05, 0.1) is 59.7 Å². The highest BCUT2D eigenvalue weighted by Crippen LogP contribution is 2.46. The molecule has 322 valence electrons. The number of aromatic nitrogens is 2. The van der Waals surface area contributed by atoms with E-state index >= 15 is 0 Å². The molecule has 59 heavy (non-hydrogen) atoms. The van der Waals surface area contributed by atoms with Gasteiger partial charge in [-0.3, -0.25) is 14.6 Å². The summed E-state index contributed by atoms with van der Waals surface area (Å²) in [5.74, 6) is -1.03. The number of hydrogen-bond donors (Lipinski definition) is 1. The van der Waals surface area contributed by atoms with Gasteiger partial charge >= 0.3 is 30.6 Å². The second-order valence-corrected chi connectivity index (χ2v) is 14.8. The maximum atomic E-state index is 14.3. The van der Waals surface area contributed by atoms with Crippen LogP contribution in [0.1, 0.15) is 72.9 Å². The maximum Gasteiger partial charge on any atom is 0.416 e. The number of morpholine rings is 1. The molecule has 20 heteroatoms. The van der Waals surface area contributed by atoms with Gasteiger partial charge in [0.25, 0.3) is 0 Å². The van der Waals surface area contributed by atoms with Crippen LogP contribution >= 0.6 is 0 Å². The van der Waals surface area contributed by atoms with E-state index in [0.717, 1.165) is 18.2 Å². The van der Waals surface area contributed by atoms with Crippen molar-refractivity contribution in [3.8, 4) is 0 Å². The maximum absolute atomic E-state index is 14.3. The number of carbonyl (C=O) groups excluding carboxylic acids is 1. The van der Waals surface area contributed by atoms with Gasteiger partial charge in [-0.05, 0) is 92.2 Å². The quantitative estimate of drug-likeness (QED) is 0.189. The smallest absolute Gasteiger partial charge is 0.416 e. The van der Waals surface area contributed by atoms with Crippen molar-refractivity contribution in [2.24, 2.45) is 5.92 Å². The van der Waals surface area contributed by atoms with E-state index in [4.69, 9.17) is 14.6 Å². The summed E-state index contributed by atoms with van der Waals surface area (Å²) in [7, 11) is 0. The van der Waals surface area contributed by atoms with Crippen molar-refractivity contribution < 1.29 is 63.7 Å². The van der Waals surface area contributed by atoms with Gasteiger partial charge < -0.3 is 24.4 Å². The monoisotopic (exact) mass is 846 g/mol. The standard InChI is InChI=1S/C39H43F9N6O5/c1-2-29-20-33(31-19-26(37(40,41)42)3-4-32(31)54(29)36(57)59-14-9-51-7-5-24(6-8-51)17-34(55)56)53(35-49-21-30(22-50-35)52-10-12-58-13-11-52)23-25-15-27(38(43,44)45)18-28(16-25)39(46,47)48/h3-4,15-16,18-19,21-22,24,29,33H,2,5-14,17,20,23H2,1H3,(H,55,56). The number of carboxylic acids is 1. The molecule has 2 aromatic carbocycles. The van der Waals surface area contributed by atoms with Gasteiger partial charge in [-0.15, -0.1) is 0 Å². The summed E-state index contributed by atoms with van der Waals surface area (Å²) in [4.78, 5) is 40.3. The summed E-state index contributed by atoms with van der Waals surface area (Å²) in [6.07, 6.45) is -11.8. The van der Waals surface area contributed by atoms with E-state index in [1.807, 2.05) is 9.80 Å². The number of likely N-dealkylation sites (tertiary alicyclic amines) is 1. The van der Waals surface area contributed by atoms with Crippen LogP contribution in [-0.4, -0.2) is 90.6 Å². The first-order valence-corrected chi connectivity index (χ1v) is 19.1. The van der Waals surface area contributed by atoms with Gasteiger partial charge in [0, 0.05) is 38.6 Å². The highest BCUT2D eigenvalue weighted by Gasteiger charge is 2.43. The van der Waals surface area contributed by atoms with E-state index in [1.54, 1.807) is 6.92 Å². The number of halogens is 9. The van der Waals surface area contributed by atoms with Gasteiger partial charge in [-0.25, -0.2) is 14.8 Å². The zero-order valence-corrected chi connectivity index (χ0v) is 31.9. The number of benzene rings is 2. The summed E-state index contributed by atoms with van der Waals surface area (Å²) < 4.78 is 138. The zero-order valence-electron chi connectivity index (χ0n) is 31.9. The summed E-state index contributed by atoms with van der Waals surface area (Å²) in [5.41, 5.74) is -4.23. The Morgan fingerprint density at radius 2 is 1.47 bits per heavy atom. The molecule has 0 radical (unpaired) electrons. The Morgan fingerprint density at radius 3 is 2.03 bits per heavy atom. The number of ether oxygens (including phenoxy) is 2. The predicted molar refractivity (Wildman–Crippen MR) is 196 cm³/mol. The van der Waals surface area contributed by atoms with Crippen LogP contribution in [-0.2, 0) is 39.3 Å². The molecule has 1 N–H and O–H groups in total. The van der Waals surface area contributed by atoms with Crippen LogP contribution in [0.3, 0.4) is 0 Å². The zero-order chi connectivity index (χ0) is 42.7. The second-order valence-electron chi connectivity index (χ2n) is 14.8. The van der Waals surface area contributed by atoms with Gasteiger partial charge in [-0.2, -0.15) is 39.5 Å². The van der Waals surface area contributed by atoms with Crippen LogP contribution in [0.5, 0.6) is 0 Å². The third-order valence-electron chi connectivity index (χ3n) is 10.9. The van der Waals surface area contributed by atoms with Gasteiger partial charge in [0.15, 0.2) is 0 Å². The fraction of sp³-hybridized carbons (Fsp3) is 0.538. The molecule has 3 aliphatic heterocycles. The Balaban J connectivity index is 1.37. The van der Waals surface area contributed by atoms with Crippen LogP contribution < -0.4 is 14.7 Å². The molecule has 2 unspecified atom stereocenters. The molecule has 3 aromatic rings. The Labute approximate surface area is 333 Å². The Bertz CT molecular complexity index is 1900. The first-order chi connectivity index (χ1) is 27.8. The van der Waals surface area contributed by atoms with Gasteiger partial charge in [0.1, 0.15) is 6.61 Å². The molecule has 1 amide bonds. The third kappa shape index (κ3) is 10.7. The summed E-state index contributed by atoms with van der Waals surface area (Å²) in [5, 5.41) is 9.10. The molecule has 2 fully saturated rings. The van der Waals surface area contributed by atoms with Gasteiger partial charge in [0.2, 0.25) is 5.95 Å². The lowest BCUT2D eigenvalue weighted by molar-refractivity contribution is -0.143. The SMILES string of the molecule is CCC1CC(N(Cc2cc(C(F)(F)F)cc(C(F)(F)F)c2)c2ncc(N3CCOCC3)cn2)c2cc(C(F)(F)F)ccc2N1C(=O)OCCN1CCC(CC(=O)O)CC1. The number of hydrogen-bond acceptors (Lipinski definition) is 9. The number of rotatable bonds is 11. The molecule has 2 atom stereocenters. The van der Waals surface area contributed by atoms with Crippen molar-refractivity contribution in [3.63, 3.8) is 0 Å². The molecular weight excluding hydrogens is 803 g/mol. The molecule has 2 saturated heterocycles. The normalized spacial score (nSPS) is 19.7. The molecule has 0 saturated carbocycles. The minimum absolute atomic E-state index is 0.00888. The number of piperidine rings is 1. The van der Waals surface area contributed by atoms with Gasteiger partial charge in [-0.1, -0.05) is 6.92 Å². The molecule has 0 aliphatic carbocycles. The Kier molecular flexibility index (Phi) is 13.2. The number of fused-ring (bicyclic) bond motifs is 1. The highest BCUT2D eigenvalue weighted by atomic mass is 19.4. The number of amides is 1. The lowest BCUT2D eigenvalue weighted by Gasteiger charge is -2.44. The summed E-state index contributed by atoms with van der Waals surface area (Å²) in [6, 6.07) is 1.86. The number of anilines is 3. The first kappa shape index (κ1) is 43.7. The van der Waals surface area contributed by atoms with E-state index in [-0.39, 0.29) is 55.1 Å². The first-order valence-electron chi connectivity index (χ1n) is 19.1. The fourth-order valence-electron chi connectivity index (χ4n) is 7.86. The molecule has 6 rings (SSSR count).